The zero-order valence-corrected chi connectivity index (χ0v) is 28.5. The molecule has 0 atom stereocenters. The largest absolute Gasteiger partial charge is 0.455 e. The summed E-state index contributed by atoms with van der Waals surface area (Å²) in [6.07, 6.45) is 0. The Morgan fingerprint density at radius 3 is 1.94 bits per heavy atom. The Bertz CT molecular complexity index is 3570. The fourth-order valence-electron chi connectivity index (χ4n) is 9.67. The fraction of sp³-hybridized carbons (Fsp3) is 0. The number of para-hydroxylation sites is 2. The van der Waals surface area contributed by atoms with E-state index in [1.165, 1.54) is 82.2 Å². The van der Waals surface area contributed by atoms with Gasteiger partial charge in [0.2, 0.25) is 0 Å². The van der Waals surface area contributed by atoms with Crippen molar-refractivity contribution in [3.8, 4) is 33.6 Å². The first kappa shape index (κ1) is 27.6. The van der Waals surface area contributed by atoms with Gasteiger partial charge in [0, 0.05) is 38.0 Å². The highest BCUT2D eigenvalue weighted by molar-refractivity contribution is 6.30. The standard InChI is InChI=1S/C50H28N2O/c1-2-14-32-29(11-1)12-10-21-42(32)52-43-20-7-5-17-35(43)38-23-24-40-47-44(26-25-39-36-18-6-8-22-45(36)53-50(39)47)51(49(40)48(38)52)31-27-30-13-9-19-37-33-15-3-4-16-34(33)41(28-31)46(30)37/h1-28H. The summed E-state index contributed by atoms with van der Waals surface area (Å²) in [5.41, 5.74) is 14.0. The van der Waals surface area contributed by atoms with Crippen LogP contribution < -0.4 is 0 Å². The molecule has 0 spiro atoms. The lowest BCUT2D eigenvalue weighted by molar-refractivity contribution is 0.673. The highest BCUT2D eigenvalue weighted by Gasteiger charge is 2.27. The lowest BCUT2D eigenvalue weighted by Crippen LogP contribution is -1.99. The van der Waals surface area contributed by atoms with Gasteiger partial charge in [0.1, 0.15) is 11.2 Å². The molecule has 1 aliphatic rings. The quantitative estimate of drug-likeness (QED) is 0.179. The van der Waals surface area contributed by atoms with Crippen LogP contribution in [0.5, 0.6) is 0 Å². The first-order chi connectivity index (χ1) is 26.3. The van der Waals surface area contributed by atoms with Crippen LogP contribution in [0.25, 0.3) is 121 Å². The topological polar surface area (TPSA) is 23.0 Å². The molecule has 0 bridgehead atoms. The van der Waals surface area contributed by atoms with E-state index in [2.05, 4.69) is 179 Å². The van der Waals surface area contributed by atoms with E-state index < -0.39 is 0 Å². The van der Waals surface area contributed by atoms with Crippen LogP contribution >= 0.6 is 0 Å². The van der Waals surface area contributed by atoms with Crippen molar-refractivity contribution in [2.45, 2.75) is 0 Å². The number of benzene rings is 9. The van der Waals surface area contributed by atoms with Crippen LogP contribution in [-0.2, 0) is 0 Å². The average molecular weight is 673 g/mol. The number of aromatic nitrogens is 2. The van der Waals surface area contributed by atoms with Gasteiger partial charge in [-0.05, 0) is 80.9 Å². The van der Waals surface area contributed by atoms with Gasteiger partial charge in [0.05, 0.1) is 33.1 Å². The smallest absolute Gasteiger partial charge is 0.145 e. The summed E-state index contributed by atoms with van der Waals surface area (Å²) in [5.74, 6) is 0. The first-order valence-corrected chi connectivity index (χ1v) is 18.3. The molecule has 3 aromatic heterocycles. The van der Waals surface area contributed by atoms with E-state index in [0.29, 0.717) is 0 Å². The number of hydrogen-bond acceptors (Lipinski definition) is 1. The van der Waals surface area contributed by atoms with Crippen molar-refractivity contribution in [1.29, 1.82) is 0 Å². The second-order valence-corrected chi connectivity index (χ2v) is 14.4. The van der Waals surface area contributed by atoms with Crippen molar-refractivity contribution >= 4 is 87.1 Å². The number of fused-ring (bicyclic) bond motifs is 15. The van der Waals surface area contributed by atoms with Gasteiger partial charge in [-0.1, -0.05) is 127 Å². The molecule has 0 fully saturated rings. The zero-order valence-electron chi connectivity index (χ0n) is 28.5. The minimum atomic E-state index is 0.907. The van der Waals surface area contributed by atoms with Crippen molar-refractivity contribution in [1.82, 2.24) is 9.13 Å². The van der Waals surface area contributed by atoms with Crippen LogP contribution in [0.4, 0.5) is 0 Å². The molecule has 0 saturated carbocycles. The van der Waals surface area contributed by atoms with Gasteiger partial charge in [0.15, 0.2) is 0 Å². The summed E-state index contributed by atoms with van der Waals surface area (Å²) in [7, 11) is 0. The van der Waals surface area contributed by atoms with E-state index >= 15 is 0 Å². The van der Waals surface area contributed by atoms with Crippen LogP contribution in [0.2, 0.25) is 0 Å². The van der Waals surface area contributed by atoms with Gasteiger partial charge in [-0.2, -0.15) is 0 Å². The Labute approximate surface area is 303 Å². The second kappa shape index (κ2) is 9.81. The first-order valence-electron chi connectivity index (χ1n) is 18.3. The van der Waals surface area contributed by atoms with E-state index in [0.717, 1.165) is 38.5 Å². The molecule has 13 rings (SSSR count). The van der Waals surface area contributed by atoms with Gasteiger partial charge in [-0.25, -0.2) is 0 Å². The molecule has 3 heteroatoms. The summed E-state index contributed by atoms with van der Waals surface area (Å²) in [5, 5.41) is 12.1. The Hall–Kier alpha value is -7.10. The molecular weight excluding hydrogens is 645 g/mol. The molecule has 9 aromatic carbocycles. The predicted molar refractivity (Wildman–Crippen MR) is 222 cm³/mol. The van der Waals surface area contributed by atoms with E-state index in [1.54, 1.807) is 0 Å². The lowest BCUT2D eigenvalue weighted by Gasteiger charge is -2.15. The molecule has 0 N–H and O–H groups in total. The molecule has 244 valence electrons. The number of furan rings is 1. The van der Waals surface area contributed by atoms with Crippen LogP contribution in [0, 0.1) is 0 Å². The van der Waals surface area contributed by atoms with Gasteiger partial charge >= 0.3 is 0 Å². The normalized spacial score (nSPS) is 12.5. The van der Waals surface area contributed by atoms with Gasteiger partial charge < -0.3 is 13.6 Å². The number of hydrogen-bond donors (Lipinski definition) is 0. The lowest BCUT2D eigenvalue weighted by atomic mass is 10.0. The molecule has 53 heavy (non-hydrogen) atoms. The monoisotopic (exact) mass is 672 g/mol. The molecule has 0 saturated heterocycles. The van der Waals surface area contributed by atoms with Crippen molar-refractivity contribution in [3.05, 3.63) is 170 Å². The Balaban J connectivity index is 1.28. The molecule has 1 aliphatic carbocycles. The zero-order chi connectivity index (χ0) is 34.4. The van der Waals surface area contributed by atoms with Crippen LogP contribution in [0.1, 0.15) is 0 Å². The number of rotatable bonds is 2. The third-order valence-electron chi connectivity index (χ3n) is 11.8. The minimum absolute atomic E-state index is 0.907. The summed E-state index contributed by atoms with van der Waals surface area (Å²) in [6.45, 7) is 0. The third kappa shape index (κ3) is 3.44. The Kier molecular flexibility index (Phi) is 5.11. The van der Waals surface area contributed by atoms with Gasteiger partial charge in [-0.3, -0.25) is 0 Å². The van der Waals surface area contributed by atoms with E-state index in [1.807, 2.05) is 0 Å². The molecule has 0 unspecified atom stereocenters. The minimum Gasteiger partial charge on any atom is -0.455 e. The summed E-state index contributed by atoms with van der Waals surface area (Å²) >= 11 is 0. The van der Waals surface area contributed by atoms with E-state index in [4.69, 9.17) is 4.42 Å². The maximum absolute atomic E-state index is 6.82. The molecule has 3 heterocycles. The van der Waals surface area contributed by atoms with Crippen LogP contribution in [0.3, 0.4) is 0 Å². The summed E-state index contributed by atoms with van der Waals surface area (Å²) in [4.78, 5) is 0. The van der Waals surface area contributed by atoms with Crippen molar-refractivity contribution in [3.63, 3.8) is 0 Å². The van der Waals surface area contributed by atoms with Gasteiger partial charge in [-0.15, -0.1) is 0 Å². The highest BCUT2D eigenvalue weighted by atomic mass is 16.3. The van der Waals surface area contributed by atoms with Crippen LogP contribution in [-0.4, -0.2) is 9.13 Å². The van der Waals surface area contributed by atoms with Crippen molar-refractivity contribution < 1.29 is 4.42 Å². The van der Waals surface area contributed by atoms with E-state index in [9.17, 15) is 0 Å². The maximum Gasteiger partial charge on any atom is 0.145 e. The fourth-order valence-corrected chi connectivity index (χ4v) is 9.67. The predicted octanol–water partition coefficient (Wildman–Crippen LogP) is 13.7. The average Bonchev–Trinajstić information content (AvgIpc) is 3.95. The molecule has 0 amide bonds. The molecule has 0 aliphatic heterocycles. The second-order valence-electron chi connectivity index (χ2n) is 14.4. The van der Waals surface area contributed by atoms with Crippen molar-refractivity contribution in [2.75, 3.05) is 0 Å². The summed E-state index contributed by atoms with van der Waals surface area (Å²) < 4.78 is 11.8. The summed E-state index contributed by atoms with van der Waals surface area (Å²) in [6, 6.07) is 62.3. The maximum atomic E-state index is 6.82. The highest BCUT2D eigenvalue weighted by Crippen LogP contribution is 2.50. The SMILES string of the molecule is c1ccc2c(c1)-c1cccc3cc(-n4c5ccc6c7ccccc7oc6c5c5ccc6c7ccccc7n(-c7cccc8ccccc78)c6c54)cc-2c13. The molecule has 3 nitrogen and oxygen atoms in total. The van der Waals surface area contributed by atoms with Crippen LogP contribution in [0.15, 0.2) is 174 Å². The van der Waals surface area contributed by atoms with E-state index in [-0.39, 0.29) is 0 Å². The molecule has 0 radical (unpaired) electrons. The van der Waals surface area contributed by atoms with Crippen molar-refractivity contribution in [2.24, 2.45) is 0 Å². The molecule has 12 aromatic rings. The Morgan fingerprint density at radius 1 is 0.358 bits per heavy atom. The third-order valence-corrected chi connectivity index (χ3v) is 11.8. The Morgan fingerprint density at radius 2 is 1.02 bits per heavy atom. The molecular formula is C50H28N2O. The van der Waals surface area contributed by atoms with Gasteiger partial charge in [0.25, 0.3) is 0 Å². The number of nitrogens with zero attached hydrogens (tertiary/aromatic N) is 2.